The van der Waals surface area contributed by atoms with E-state index >= 15 is 0 Å². The van der Waals surface area contributed by atoms with E-state index in [4.69, 9.17) is 8.94 Å². The van der Waals surface area contributed by atoms with Crippen molar-refractivity contribution < 1.29 is 8.94 Å². The highest BCUT2D eigenvalue weighted by molar-refractivity contribution is 7.98. The summed E-state index contributed by atoms with van der Waals surface area (Å²) >= 11 is 4.54. The molecule has 0 fully saturated rings. The number of rotatable bonds is 5. The summed E-state index contributed by atoms with van der Waals surface area (Å²) in [5, 5.41) is 18.4. The number of aromatic nitrogens is 4. The van der Waals surface area contributed by atoms with E-state index < -0.39 is 0 Å². The number of thiophene rings is 2. The molecule has 0 aliphatic rings. The van der Waals surface area contributed by atoms with Crippen LogP contribution in [0.5, 0.6) is 0 Å². The summed E-state index contributed by atoms with van der Waals surface area (Å²) in [5.41, 5.74) is 0.937. The molecule has 4 aromatic heterocycles. The molecule has 0 radical (unpaired) electrons. The van der Waals surface area contributed by atoms with E-state index in [2.05, 4.69) is 20.3 Å². The van der Waals surface area contributed by atoms with Gasteiger partial charge in [-0.25, -0.2) is 0 Å². The summed E-state index contributed by atoms with van der Waals surface area (Å²) in [6.45, 7) is 0. The summed E-state index contributed by atoms with van der Waals surface area (Å²) in [4.78, 5) is 5.30. The van der Waals surface area contributed by atoms with E-state index in [9.17, 15) is 0 Å². The quantitative estimate of drug-likeness (QED) is 0.500. The van der Waals surface area contributed by atoms with Crippen LogP contribution in [0, 0.1) is 0 Å². The van der Waals surface area contributed by atoms with Crippen molar-refractivity contribution in [1.29, 1.82) is 0 Å². The molecule has 22 heavy (non-hydrogen) atoms. The first-order chi connectivity index (χ1) is 10.9. The molecule has 0 aliphatic carbocycles. The molecular weight excluding hydrogens is 340 g/mol. The van der Waals surface area contributed by atoms with Gasteiger partial charge in [-0.2, -0.15) is 16.3 Å². The van der Waals surface area contributed by atoms with Crippen LogP contribution in [0.4, 0.5) is 0 Å². The van der Waals surface area contributed by atoms with Gasteiger partial charge in [0, 0.05) is 5.38 Å². The molecule has 4 heterocycles. The predicted octanol–water partition coefficient (Wildman–Crippen LogP) is 4.20. The maximum absolute atomic E-state index is 5.60. The minimum atomic E-state index is 0.491. The van der Waals surface area contributed by atoms with Crippen molar-refractivity contribution in [3.63, 3.8) is 0 Å². The third kappa shape index (κ3) is 2.82. The second-order valence-electron chi connectivity index (χ2n) is 4.17. The third-order valence-electron chi connectivity index (χ3n) is 2.70. The average molecular weight is 348 g/mol. The van der Waals surface area contributed by atoms with Gasteiger partial charge in [0.05, 0.1) is 16.2 Å². The lowest BCUT2D eigenvalue weighted by molar-refractivity contribution is 0.425. The van der Waals surface area contributed by atoms with Crippen LogP contribution in [0.25, 0.3) is 22.2 Å². The molecule has 4 aromatic rings. The largest absolute Gasteiger partial charge is 0.410 e. The molecule has 0 spiro atoms. The lowest BCUT2D eigenvalue weighted by Gasteiger charge is -1.89. The fourth-order valence-electron chi connectivity index (χ4n) is 1.71. The van der Waals surface area contributed by atoms with Gasteiger partial charge in [-0.3, -0.25) is 0 Å². The topological polar surface area (TPSA) is 77.8 Å². The summed E-state index contributed by atoms with van der Waals surface area (Å²) in [6.07, 6.45) is 0. The summed E-state index contributed by atoms with van der Waals surface area (Å²) in [7, 11) is 0. The van der Waals surface area contributed by atoms with E-state index in [1.807, 2.05) is 34.3 Å². The first-order valence-corrected chi connectivity index (χ1v) is 9.04. The van der Waals surface area contributed by atoms with Crippen LogP contribution >= 0.6 is 34.4 Å². The van der Waals surface area contributed by atoms with Gasteiger partial charge in [-0.05, 0) is 22.9 Å². The molecule has 0 atom stereocenters. The van der Waals surface area contributed by atoms with Gasteiger partial charge in [-0.15, -0.1) is 21.5 Å². The van der Waals surface area contributed by atoms with Gasteiger partial charge in [-0.1, -0.05) is 23.0 Å². The Morgan fingerprint density at radius 1 is 1.14 bits per heavy atom. The number of hydrogen-bond acceptors (Lipinski definition) is 9. The van der Waals surface area contributed by atoms with Crippen molar-refractivity contribution >= 4 is 34.4 Å². The normalized spacial score (nSPS) is 11.1. The molecule has 4 rings (SSSR count). The number of hydrogen-bond donors (Lipinski definition) is 0. The minimum absolute atomic E-state index is 0.491. The van der Waals surface area contributed by atoms with Gasteiger partial charge >= 0.3 is 0 Å². The molecule has 0 amide bonds. The maximum atomic E-state index is 5.60. The number of thioether (sulfide) groups is 1. The zero-order chi connectivity index (χ0) is 14.8. The molecule has 0 saturated heterocycles. The van der Waals surface area contributed by atoms with E-state index in [1.54, 1.807) is 22.7 Å². The molecule has 0 N–H and O–H groups in total. The van der Waals surface area contributed by atoms with Crippen LogP contribution in [0.2, 0.25) is 0 Å². The first-order valence-electron chi connectivity index (χ1n) is 6.24. The second kappa shape index (κ2) is 6.03. The average Bonchev–Trinajstić information content (AvgIpc) is 3.33. The Morgan fingerprint density at radius 3 is 2.95 bits per heavy atom. The lowest BCUT2D eigenvalue weighted by atomic mass is 10.3. The molecule has 0 bridgehead atoms. The Morgan fingerprint density at radius 2 is 2.14 bits per heavy atom. The van der Waals surface area contributed by atoms with Crippen LogP contribution < -0.4 is 0 Å². The van der Waals surface area contributed by atoms with Gasteiger partial charge in [0.25, 0.3) is 17.0 Å². The fraction of sp³-hybridized carbons (Fsp3) is 0.0769. The predicted molar refractivity (Wildman–Crippen MR) is 84.8 cm³/mol. The highest BCUT2D eigenvalue weighted by atomic mass is 32.2. The van der Waals surface area contributed by atoms with Crippen molar-refractivity contribution in [2.75, 3.05) is 0 Å². The molecular formula is C13H8N4O2S3. The van der Waals surface area contributed by atoms with Crippen LogP contribution in [0.3, 0.4) is 0 Å². The van der Waals surface area contributed by atoms with Crippen LogP contribution in [0.1, 0.15) is 5.82 Å². The third-order valence-corrected chi connectivity index (χ3v) is 5.05. The molecule has 0 unspecified atom stereocenters. The Labute approximate surface area is 137 Å². The highest BCUT2D eigenvalue weighted by Gasteiger charge is 2.13. The van der Waals surface area contributed by atoms with E-state index in [1.165, 1.54) is 11.8 Å². The summed E-state index contributed by atoms with van der Waals surface area (Å²) < 4.78 is 10.8. The van der Waals surface area contributed by atoms with Gasteiger partial charge in [0.15, 0.2) is 5.82 Å². The Hall–Kier alpha value is -1.97. The first kappa shape index (κ1) is 13.7. The second-order valence-corrected chi connectivity index (χ2v) is 6.82. The van der Waals surface area contributed by atoms with Crippen molar-refractivity contribution in [3.8, 4) is 22.2 Å². The van der Waals surface area contributed by atoms with E-state index in [0.717, 1.165) is 10.4 Å². The van der Waals surface area contributed by atoms with Crippen molar-refractivity contribution in [1.82, 2.24) is 20.3 Å². The maximum Gasteiger partial charge on any atom is 0.277 e. The van der Waals surface area contributed by atoms with Crippen LogP contribution in [-0.4, -0.2) is 20.3 Å². The Bertz CT molecular complexity index is 779. The summed E-state index contributed by atoms with van der Waals surface area (Å²) in [5.74, 6) is 2.17. The SMILES string of the molecule is c1csc(-c2nnc(SCc3noc(-c4ccsc4)n3)o2)c1. The fourth-order valence-corrected chi connectivity index (χ4v) is 3.59. The van der Waals surface area contributed by atoms with Gasteiger partial charge in [0.1, 0.15) is 0 Å². The molecule has 0 saturated carbocycles. The smallest absolute Gasteiger partial charge is 0.277 e. The monoisotopic (exact) mass is 348 g/mol. The molecule has 0 aromatic carbocycles. The molecule has 110 valence electrons. The molecule has 6 nitrogen and oxygen atoms in total. The van der Waals surface area contributed by atoms with Crippen molar-refractivity contribution in [3.05, 3.63) is 40.2 Å². The Kier molecular flexibility index (Phi) is 3.75. The number of nitrogens with zero attached hydrogens (tertiary/aromatic N) is 4. The zero-order valence-electron chi connectivity index (χ0n) is 11.0. The highest BCUT2D eigenvalue weighted by Crippen LogP contribution is 2.28. The Balaban J connectivity index is 1.43. The van der Waals surface area contributed by atoms with Crippen LogP contribution in [0.15, 0.2) is 48.5 Å². The van der Waals surface area contributed by atoms with Gasteiger partial charge in [0.2, 0.25) is 0 Å². The standard InChI is InChI=1S/C13H8N4O2S3/c1-2-9(21-4-1)12-15-16-13(18-12)22-7-10-14-11(19-17-10)8-3-5-20-6-8/h1-6H,7H2. The van der Waals surface area contributed by atoms with Crippen molar-refractivity contribution in [2.45, 2.75) is 11.0 Å². The van der Waals surface area contributed by atoms with Gasteiger partial charge < -0.3 is 8.94 Å². The minimum Gasteiger partial charge on any atom is -0.410 e. The lowest BCUT2D eigenvalue weighted by Crippen LogP contribution is -1.84. The summed E-state index contributed by atoms with van der Waals surface area (Å²) in [6, 6.07) is 5.83. The molecule has 0 aliphatic heterocycles. The zero-order valence-corrected chi connectivity index (χ0v) is 13.5. The van der Waals surface area contributed by atoms with Crippen LogP contribution in [-0.2, 0) is 5.75 Å². The van der Waals surface area contributed by atoms with E-state index in [-0.39, 0.29) is 0 Å². The van der Waals surface area contributed by atoms with E-state index in [0.29, 0.717) is 28.6 Å². The molecule has 9 heteroatoms. The van der Waals surface area contributed by atoms with Crippen molar-refractivity contribution in [2.24, 2.45) is 0 Å².